The summed E-state index contributed by atoms with van der Waals surface area (Å²) in [5, 5.41) is 6.90. The Kier molecular flexibility index (Phi) is 13.3. The Morgan fingerprint density at radius 1 is 1.14 bits per heavy atom. The van der Waals surface area contributed by atoms with Gasteiger partial charge >= 0.3 is 0 Å². The van der Waals surface area contributed by atoms with E-state index >= 15 is 0 Å². The molecule has 1 aromatic rings. The SMILES string of the molecule is CN=C(NCCCOCC(C)C)NCC(c1ccc(OC)cc1)N1CCCC1.I. The van der Waals surface area contributed by atoms with Crippen LogP contribution >= 0.6 is 24.0 Å². The molecular formula is C22H39IN4O2. The zero-order chi connectivity index (χ0) is 20.2. The van der Waals surface area contributed by atoms with Crippen molar-refractivity contribution in [1.29, 1.82) is 0 Å². The number of hydrogen-bond donors (Lipinski definition) is 2. The topological polar surface area (TPSA) is 58.1 Å². The molecule has 0 amide bonds. The van der Waals surface area contributed by atoms with Gasteiger partial charge in [-0.2, -0.15) is 0 Å². The van der Waals surface area contributed by atoms with Crippen molar-refractivity contribution in [3.05, 3.63) is 29.8 Å². The van der Waals surface area contributed by atoms with E-state index in [1.807, 2.05) is 19.2 Å². The number of methoxy groups -OCH3 is 1. The fraction of sp³-hybridized carbons (Fsp3) is 0.682. The Balaban J connectivity index is 0.00000420. The lowest BCUT2D eigenvalue weighted by atomic mass is 10.1. The summed E-state index contributed by atoms with van der Waals surface area (Å²) < 4.78 is 10.9. The maximum Gasteiger partial charge on any atom is 0.191 e. The predicted octanol–water partition coefficient (Wildman–Crippen LogP) is 3.68. The first-order valence-electron chi connectivity index (χ1n) is 10.5. The second-order valence-electron chi connectivity index (χ2n) is 7.73. The summed E-state index contributed by atoms with van der Waals surface area (Å²) in [5.74, 6) is 2.33. The van der Waals surface area contributed by atoms with Crippen LogP contribution < -0.4 is 15.4 Å². The summed E-state index contributed by atoms with van der Waals surface area (Å²) in [6.45, 7) is 9.93. The van der Waals surface area contributed by atoms with Crippen molar-refractivity contribution >= 4 is 29.9 Å². The van der Waals surface area contributed by atoms with Crippen molar-refractivity contribution in [2.24, 2.45) is 10.9 Å². The van der Waals surface area contributed by atoms with Gasteiger partial charge in [-0.3, -0.25) is 9.89 Å². The minimum Gasteiger partial charge on any atom is -0.497 e. The van der Waals surface area contributed by atoms with Gasteiger partial charge in [-0.1, -0.05) is 26.0 Å². The minimum absolute atomic E-state index is 0. The number of nitrogens with one attached hydrogen (secondary N) is 2. The summed E-state index contributed by atoms with van der Waals surface area (Å²) in [6.07, 6.45) is 3.52. The van der Waals surface area contributed by atoms with E-state index in [1.54, 1.807) is 7.11 Å². The van der Waals surface area contributed by atoms with E-state index in [4.69, 9.17) is 9.47 Å². The van der Waals surface area contributed by atoms with E-state index in [9.17, 15) is 0 Å². The first-order valence-corrected chi connectivity index (χ1v) is 10.5. The maximum absolute atomic E-state index is 5.64. The number of aliphatic imine (C=N–C) groups is 1. The molecule has 1 atom stereocenters. The molecule has 0 aliphatic carbocycles. The van der Waals surface area contributed by atoms with Gasteiger partial charge in [0.25, 0.3) is 0 Å². The Morgan fingerprint density at radius 3 is 2.41 bits per heavy atom. The average Bonchev–Trinajstić information content (AvgIpc) is 3.23. The van der Waals surface area contributed by atoms with Gasteiger partial charge in [0.1, 0.15) is 5.75 Å². The molecule has 2 rings (SSSR count). The lowest BCUT2D eigenvalue weighted by molar-refractivity contribution is 0.108. The molecular weight excluding hydrogens is 479 g/mol. The average molecular weight is 518 g/mol. The molecule has 0 aromatic heterocycles. The van der Waals surface area contributed by atoms with Gasteiger partial charge in [-0.25, -0.2) is 0 Å². The molecule has 2 N–H and O–H groups in total. The van der Waals surface area contributed by atoms with Gasteiger partial charge < -0.3 is 20.1 Å². The van der Waals surface area contributed by atoms with Gasteiger partial charge in [-0.05, 0) is 56.0 Å². The first-order chi connectivity index (χ1) is 13.6. The fourth-order valence-corrected chi connectivity index (χ4v) is 3.45. The first kappa shape index (κ1) is 26.0. The van der Waals surface area contributed by atoms with Crippen LogP contribution in [-0.4, -0.2) is 64.4 Å². The Labute approximate surface area is 193 Å². The summed E-state index contributed by atoms with van der Waals surface area (Å²) in [6, 6.07) is 8.77. The van der Waals surface area contributed by atoms with Gasteiger partial charge in [0.15, 0.2) is 5.96 Å². The summed E-state index contributed by atoms with van der Waals surface area (Å²) >= 11 is 0. The number of rotatable bonds is 11. The third-order valence-electron chi connectivity index (χ3n) is 4.98. The van der Waals surface area contributed by atoms with Crippen molar-refractivity contribution in [1.82, 2.24) is 15.5 Å². The number of hydrogen-bond acceptors (Lipinski definition) is 4. The van der Waals surface area contributed by atoms with Crippen LogP contribution in [0.25, 0.3) is 0 Å². The standard InChI is InChI=1S/C22H38N4O2.HI/c1-18(2)17-28-15-7-12-24-22(23-3)25-16-21(26-13-5-6-14-26)19-8-10-20(27-4)11-9-19;/h8-11,18,21H,5-7,12-17H2,1-4H3,(H2,23,24,25);1H. The molecule has 7 heteroatoms. The number of nitrogens with zero attached hydrogens (tertiary/aromatic N) is 2. The number of guanidine groups is 1. The third-order valence-corrected chi connectivity index (χ3v) is 4.98. The molecule has 0 radical (unpaired) electrons. The molecule has 6 nitrogen and oxygen atoms in total. The highest BCUT2D eigenvalue weighted by Crippen LogP contribution is 2.26. The van der Waals surface area contributed by atoms with Crippen LogP contribution in [0.3, 0.4) is 0 Å². The normalized spacial score (nSPS) is 15.8. The second-order valence-corrected chi connectivity index (χ2v) is 7.73. The van der Waals surface area contributed by atoms with E-state index in [2.05, 4.69) is 46.5 Å². The molecule has 0 spiro atoms. The molecule has 1 heterocycles. The van der Waals surface area contributed by atoms with Crippen molar-refractivity contribution in [2.45, 2.75) is 39.2 Å². The van der Waals surface area contributed by atoms with Crippen LogP contribution in [0.4, 0.5) is 0 Å². The minimum atomic E-state index is 0. The third kappa shape index (κ3) is 9.53. The van der Waals surface area contributed by atoms with Crippen LogP contribution in [-0.2, 0) is 4.74 Å². The zero-order valence-corrected chi connectivity index (χ0v) is 20.8. The predicted molar refractivity (Wildman–Crippen MR) is 132 cm³/mol. The molecule has 0 bridgehead atoms. The lowest BCUT2D eigenvalue weighted by Gasteiger charge is -2.29. The van der Waals surface area contributed by atoms with E-state index < -0.39 is 0 Å². The molecule has 1 unspecified atom stereocenters. The Hall–Kier alpha value is -1.06. The highest BCUT2D eigenvalue weighted by molar-refractivity contribution is 14.0. The molecule has 1 fully saturated rings. The quantitative estimate of drug-likeness (QED) is 0.203. The molecule has 1 aromatic carbocycles. The van der Waals surface area contributed by atoms with Crippen molar-refractivity contribution in [3.8, 4) is 5.75 Å². The molecule has 166 valence electrons. The van der Waals surface area contributed by atoms with Crippen LogP contribution in [0, 0.1) is 5.92 Å². The Bertz CT molecular complexity index is 575. The zero-order valence-electron chi connectivity index (χ0n) is 18.4. The highest BCUT2D eigenvalue weighted by Gasteiger charge is 2.23. The largest absolute Gasteiger partial charge is 0.497 e. The number of benzene rings is 1. The lowest BCUT2D eigenvalue weighted by Crippen LogP contribution is -2.43. The molecule has 1 aliphatic heterocycles. The van der Waals surface area contributed by atoms with Crippen molar-refractivity contribution in [2.75, 3.05) is 53.6 Å². The van der Waals surface area contributed by atoms with Crippen LogP contribution in [0.1, 0.15) is 44.7 Å². The van der Waals surface area contributed by atoms with Gasteiger partial charge in [0.2, 0.25) is 0 Å². The summed E-state index contributed by atoms with van der Waals surface area (Å²) in [5.41, 5.74) is 1.31. The van der Waals surface area contributed by atoms with Gasteiger partial charge in [0.05, 0.1) is 13.2 Å². The Morgan fingerprint density at radius 2 is 1.83 bits per heavy atom. The number of halogens is 1. The van der Waals surface area contributed by atoms with E-state index in [0.717, 1.165) is 57.5 Å². The van der Waals surface area contributed by atoms with Gasteiger partial charge in [-0.15, -0.1) is 24.0 Å². The smallest absolute Gasteiger partial charge is 0.191 e. The summed E-state index contributed by atoms with van der Waals surface area (Å²) in [7, 11) is 3.53. The van der Waals surface area contributed by atoms with E-state index in [0.29, 0.717) is 12.0 Å². The molecule has 0 saturated carbocycles. The van der Waals surface area contributed by atoms with Gasteiger partial charge in [0, 0.05) is 33.4 Å². The van der Waals surface area contributed by atoms with E-state index in [-0.39, 0.29) is 24.0 Å². The van der Waals surface area contributed by atoms with Crippen LogP contribution in [0.15, 0.2) is 29.3 Å². The van der Waals surface area contributed by atoms with Crippen molar-refractivity contribution < 1.29 is 9.47 Å². The maximum atomic E-state index is 5.64. The van der Waals surface area contributed by atoms with Crippen LogP contribution in [0.2, 0.25) is 0 Å². The summed E-state index contributed by atoms with van der Waals surface area (Å²) in [4.78, 5) is 6.93. The molecule has 1 saturated heterocycles. The number of likely N-dealkylation sites (tertiary alicyclic amines) is 1. The van der Waals surface area contributed by atoms with E-state index in [1.165, 1.54) is 18.4 Å². The highest BCUT2D eigenvalue weighted by atomic mass is 127. The second kappa shape index (κ2) is 14.8. The number of ether oxygens (including phenoxy) is 2. The molecule has 29 heavy (non-hydrogen) atoms. The molecule has 1 aliphatic rings. The fourth-order valence-electron chi connectivity index (χ4n) is 3.45. The monoisotopic (exact) mass is 518 g/mol. The van der Waals surface area contributed by atoms with Crippen molar-refractivity contribution in [3.63, 3.8) is 0 Å². The van der Waals surface area contributed by atoms with Crippen LogP contribution in [0.5, 0.6) is 5.75 Å².